The van der Waals surface area contributed by atoms with E-state index in [9.17, 15) is 8.42 Å². The minimum absolute atomic E-state index is 0.543. The van der Waals surface area contributed by atoms with E-state index in [1.807, 2.05) is 12.1 Å². The molecule has 3 heterocycles. The van der Waals surface area contributed by atoms with Gasteiger partial charge in [-0.3, -0.25) is 13.5 Å². The molecule has 2 aromatic rings. The summed E-state index contributed by atoms with van der Waals surface area (Å²) in [6, 6.07) is 16.6. The number of hydrogen-bond acceptors (Lipinski definition) is 3. The summed E-state index contributed by atoms with van der Waals surface area (Å²) in [5.41, 5.74) is 5.68. The van der Waals surface area contributed by atoms with Crippen molar-refractivity contribution in [2.75, 3.05) is 41.3 Å². The minimum atomic E-state index is -3.42. The van der Waals surface area contributed by atoms with Gasteiger partial charge in [0.05, 0.1) is 11.4 Å². The first-order valence-electron chi connectivity index (χ1n) is 10.5. The van der Waals surface area contributed by atoms with E-state index in [0.29, 0.717) is 13.1 Å². The molecule has 0 N–H and O–H groups in total. The largest absolute Gasteiger partial charge is 0.326 e. The number of anilines is 2. The fraction of sp³-hybridized carbons (Fsp3) is 0.391. The predicted octanol–water partition coefficient (Wildman–Crippen LogP) is 3.68. The molecule has 0 atom stereocenters. The van der Waals surface area contributed by atoms with Crippen LogP contribution in [-0.2, 0) is 16.6 Å². The average molecular weight is 410 g/mol. The molecule has 0 saturated carbocycles. The predicted molar refractivity (Wildman–Crippen MR) is 118 cm³/mol. The van der Waals surface area contributed by atoms with E-state index in [1.54, 1.807) is 8.61 Å². The van der Waals surface area contributed by atoms with Crippen molar-refractivity contribution < 1.29 is 8.42 Å². The zero-order valence-corrected chi connectivity index (χ0v) is 17.4. The summed E-state index contributed by atoms with van der Waals surface area (Å²) in [6.07, 6.45) is 6.06. The standard InChI is InChI=1S/C23H27N3O2S/c27-29(28)25(22-11-4-9-21-10-5-15-26(29)23(21)22)16-6-14-24-17-12-20(13-18-24)19-7-2-1-3-8-19/h1-4,7-9,11-12H,5-6,10,13-18H2. The van der Waals surface area contributed by atoms with Gasteiger partial charge in [0.15, 0.2) is 0 Å². The van der Waals surface area contributed by atoms with Gasteiger partial charge in [-0.1, -0.05) is 48.5 Å². The molecule has 5 nitrogen and oxygen atoms in total. The number of para-hydroxylation sites is 1. The highest BCUT2D eigenvalue weighted by atomic mass is 32.2. The monoisotopic (exact) mass is 409 g/mol. The van der Waals surface area contributed by atoms with Crippen LogP contribution < -0.4 is 8.61 Å². The Morgan fingerprint density at radius 2 is 1.76 bits per heavy atom. The first-order chi connectivity index (χ1) is 14.1. The molecule has 3 aliphatic heterocycles. The Morgan fingerprint density at radius 1 is 0.897 bits per heavy atom. The average Bonchev–Trinajstić information content (AvgIpc) is 2.98. The summed E-state index contributed by atoms with van der Waals surface area (Å²) >= 11 is 0. The van der Waals surface area contributed by atoms with Crippen molar-refractivity contribution in [3.8, 4) is 0 Å². The lowest BCUT2D eigenvalue weighted by molar-refractivity contribution is 0.300. The van der Waals surface area contributed by atoms with Crippen LogP contribution in [0.15, 0.2) is 54.6 Å². The Hall–Kier alpha value is -2.31. The number of aryl methyl sites for hydroxylation is 1. The topological polar surface area (TPSA) is 43.9 Å². The molecule has 0 fully saturated rings. The molecular weight excluding hydrogens is 382 g/mol. The third-order valence-electron chi connectivity index (χ3n) is 6.25. The maximum absolute atomic E-state index is 13.1. The smallest absolute Gasteiger partial charge is 0.299 e. The second-order valence-electron chi connectivity index (χ2n) is 8.04. The van der Waals surface area contributed by atoms with E-state index in [4.69, 9.17) is 0 Å². The van der Waals surface area contributed by atoms with Crippen molar-refractivity contribution in [1.29, 1.82) is 0 Å². The van der Waals surface area contributed by atoms with Crippen LogP contribution in [0.3, 0.4) is 0 Å². The maximum Gasteiger partial charge on any atom is 0.326 e. The van der Waals surface area contributed by atoms with Gasteiger partial charge < -0.3 is 0 Å². The molecule has 0 spiro atoms. The van der Waals surface area contributed by atoms with Crippen molar-refractivity contribution in [3.63, 3.8) is 0 Å². The molecule has 3 aliphatic rings. The number of nitrogens with zero attached hydrogens (tertiary/aromatic N) is 3. The van der Waals surface area contributed by atoms with Gasteiger partial charge in [0.2, 0.25) is 0 Å². The molecule has 0 amide bonds. The van der Waals surface area contributed by atoms with E-state index in [-0.39, 0.29) is 0 Å². The molecule has 0 radical (unpaired) electrons. The van der Waals surface area contributed by atoms with Crippen molar-refractivity contribution in [1.82, 2.24) is 4.90 Å². The Labute approximate surface area is 173 Å². The maximum atomic E-state index is 13.1. The lowest BCUT2D eigenvalue weighted by Crippen LogP contribution is -2.41. The Balaban J connectivity index is 1.23. The van der Waals surface area contributed by atoms with Gasteiger partial charge in [-0.15, -0.1) is 0 Å². The highest BCUT2D eigenvalue weighted by Gasteiger charge is 2.42. The molecule has 0 saturated heterocycles. The van der Waals surface area contributed by atoms with E-state index < -0.39 is 10.2 Å². The summed E-state index contributed by atoms with van der Waals surface area (Å²) < 4.78 is 29.4. The lowest BCUT2D eigenvalue weighted by atomic mass is 9.99. The second-order valence-corrected chi connectivity index (χ2v) is 9.82. The number of rotatable bonds is 5. The van der Waals surface area contributed by atoms with Gasteiger partial charge in [-0.2, -0.15) is 8.42 Å². The Kier molecular flexibility index (Phi) is 4.84. The van der Waals surface area contributed by atoms with E-state index in [1.165, 1.54) is 11.1 Å². The summed E-state index contributed by atoms with van der Waals surface area (Å²) in [6.45, 7) is 4.02. The molecule has 29 heavy (non-hydrogen) atoms. The second kappa shape index (κ2) is 7.50. The van der Waals surface area contributed by atoms with E-state index in [0.717, 1.165) is 62.3 Å². The van der Waals surface area contributed by atoms with Gasteiger partial charge in [0.25, 0.3) is 0 Å². The fourth-order valence-corrected chi connectivity index (χ4v) is 6.57. The van der Waals surface area contributed by atoms with Crippen LogP contribution in [0.2, 0.25) is 0 Å². The van der Waals surface area contributed by atoms with Crippen LogP contribution in [0.5, 0.6) is 0 Å². The third kappa shape index (κ3) is 3.34. The molecule has 0 bridgehead atoms. The number of hydrogen-bond donors (Lipinski definition) is 0. The van der Waals surface area contributed by atoms with Crippen LogP contribution in [0, 0.1) is 0 Å². The zero-order chi connectivity index (χ0) is 19.8. The van der Waals surface area contributed by atoms with Crippen LogP contribution in [0.4, 0.5) is 11.4 Å². The molecule has 2 aromatic carbocycles. The molecule has 6 heteroatoms. The van der Waals surface area contributed by atoms with Gasteiger partial charge in [0, 0.05) is 32.7 Å². The van der Waals surface area contributed by atoms with Gasteiger partial charge in [0.1, 0.15) is 0 Å². The minimum Gasteiger partial charge on any atom is -0.299 e. The lowest BCUT2D eigenvalue weighted by Gasteiger charge is -2.28. The van der Waals surface area contributed by atoms with Crippen molar-refractivity contribution >= 4 is 27.2 Å². The highest BCUT2D eigenvalue weighted by molar-refractivity contribution is 7.94. The third-order valence-corrected chi connectivity index (χ3v) is 8.11. The molecular formula is C23H27N3O2S. The van der Waals surface area contributed by atoms with Gasteiger partial charge in [-0.25, -0.2) is 0 Å². The van der Waals surface area contributed by atoms with Gasteiger partial charge >= 0.3 is 10.2 Å². The van der Waals surface area contributed by atoms with E-state index in [2.05, 4.69) is 47.4 Å². The van der Waals surface area contributed by atoms with Crippen molar-refractivity contribution in [2.45, 2.75) is 25.7 Å². The van der Waals surface area contributed by atoms with Crippen LogP contribution in [-0.4, -0.2) is 46.0 Å². The Morgan fingerprint density at radius 3 is 2.55 bits per heavy atom. The zero-order valence-electron chi connectivity index (χ0n) is 16.6. The summed E-state index contributed by atoms with van der Waals surface area (Å²) in [5, 5.41) is 0. The fourth-order valence-electron chi connectivity index (χ4n) is 4.77. The van der Waals surface area contributed by atoms with E-state index >= 15 is 0 Å². The SMILES string of the molecule is O=S1(=O)N(CCCN2CC=C(c3ccccc3)CC2)c2cccc3c2N1CCC3. The van der Waals surface area contributed by atoms with Crippen LogP contribution in [0.25, 0.3) is 5.57 Å². The summed E-state index contributed by atoms with van der Waals surface area (Å²) in [5.74, 6) is 0. The first-order valence-corrected chi connectivity index (χ1v) is 11.9. The quantitative estimate of drug-likeness (QED) is 0.757. The molecule has 0 aliphatic carbocycles. The van der Waals surface area contributed by atoms with Crippen molar-refractivity contribution in [3.05, 3.63) is 65.7 Å². The summed E-state index contributed by atoms with van der Waals surface area (Å²) in [7, 11) is -3.42. The summed E-state index contributed by atoms with van der Waals surface area (Å²) in [4.78, 5) is 2.42. The van der Waals surface area contributed by atoms with Gasteiger partial charge in [-0.05, 0) is 48.4 Å². The van der Waals surface area contributed by atoms with Crippen LogP contribution in [0.1, 0.15) is 30.4 Å². The Bertz CT molecular complexity index is 1030. The molecule has 5 rings (SSSR count). The number of benzene rings is 2. The molecule has 0 aromatic heterocycles. The normalized spacial score (nSPS) is 20.5. The van der Waals surface area contributed by atoms with Crippen molar-refractivity contribution in [2.24, 2.45) is 0 Å². The molecule has 152 valence electrons. The highest BCUT2D eigenvalue weighted by Crippen LogP contribution is 2.45. The molecule has 0 unspecified atom stereocenters. The first kappa shape index (κ1) is 18.7. The van der Waals surface area contributed by atoms with Crippen LogP contribution >= 0.6 is 0 Å².